The Kier molecular flexibility index (Phi) is 7.23. The third kappa shape index (κ3) is 5.44. The van der Waals surface area contributed by atoms with E-state index in [1.54, 1.807) is 18.3 Å². The van der Waals surface area contributed by atoms with E-state index in [9.17, 15) is 4.39 Å². The maximum absolute atomic E-state index is 13.9. The molecule has 0 saturated heterocycles. The molecular weight excluding hydrogens is 379 g/mol. The Hall–Kier alpha value is -2.63. The first-order valence-electron chi connectivity index (χ1n) is 9.09. The molecule has 0 aliphatic heterocycles. The summed E-state index contributed by atoms with van der Waals surface area (Å²) in [4.78, 5) is 4.29. The van der Waals surface area contributed by atoms with Gasteiger partial charge in [0.1, 0.15) is 12.4 Å². The lowest BCUT2D eigenvalue weighted by Crippen LogP contribution is -2.13. The predicted molar refractivity (Wildman–Crippen MR) is 108 cm³/mol. The number of ether oxygens (including phenoxy) is 2. The molecule has 2 aromatic carbocycles. The van der Waals surface area contributed by atoms with Gasteiger partial charge in [-0.15, -0.1) is 0 Å². The minimum atomic E-state index is -0.388. The second-order valence-corrected chi connectivity index (χ2v) is 6.53. The lowest BCUT2D eigenvalue weighted by molar-refractivity contribution is 0.265. The van der Waals surface area contributed by atoms with Crippen molar-refractivity contribution < 1.29 is 13.9 Å². The SMILES string of the molecule is CCOc1cc(CNCc2ccccn2)ccc1OCc1c(F)cccc1Cl. The molecule has 0 amide bonds. The molecule has 0 spiro atoms. The Morgan fingerprint density at radius 2 is 1.89 bits per heavy atom. The molecular formula is C22H22ClFN2O2. The summed E-state index contributed by atoms with van der Waals surface area (Å²) in [6, 6.07) is 16.1. The molecule has 6 heteroatoms. The minimum absolute atomic E-state index is 0.0306. The van der Waals surface area contributed by atoms with E-state index in [2.05, 4.69) is 10.3 Å². The molecule has 1 N–H and O–H groups in total. The third-order valence-electron chi connectivity index (χ3n) is 4.10. The molecule has 1 heterocycles. The molecule has 28 heavy (non-hydrogen) atoms. The fraction of sp³-hybridized carbons (Fsp3) is 0.227. The van der Waals surface area contributed by atoms with Gasteiger partial charge in [-0.3, -0.25) is 4.98 Å². The Morgan fingerprint density at radius 1 is 1.00 bits per heavy atom. The van der Waals surface area contributed by atoms with Crippen LogP contribution < -0.4 is 14.8 Å². The highest BCUT2D eigenvalue weighted by atomic mass is 35.5. The summed E-state index contributed by atoms with van der Waals surface area (Å²) in [5.74, 6) is 0.780. The van der Waals surface area contributed by atoms with Crippen LogP contribution in [0.3, 0.4) is 0 Å². The smallest absolute Gasteiger partial charge is 0.161 e. The summed E-state index contributed by atoms with van der Waals surface area (Å²) in [5.41, 5.74) is 2.36. The van der Waals surface area contributed by atoms with Crippen LogP contribution in [-0.2, 0) is 19.7 Å². The van der Waals surface area contributed by atoms with Crippen LogP contribution in [0, 0.1) is 5.82 Å². The number of rotatable bonds is 9. The van der Waals surface area contributed by atoms with Gasteiger partial charge in [0.05, 0.1) is 17.3 Å². The van der Waals surface area contributed by atoms with Crippen LogP contribution in [0.5, 0.6) is 11.5 Å². The average Bonchev–Trinajstić information content (AvgIpc) is 2.70. The second kappa shape index (κ2) is 10.1. The van der Waals surface area contributed by atoms with Crippen molar-refractivity contribution >= 4 is 11.6 Å². The summed E-state index contributed by atoms with van der Waals surface area (Å²) >= 11 is 6.07. The zero-order valence-electron chi connectivity index (χ0n) is 15.6. The summed E-state index contributed by atoms with van der Waals surface area (Å²) in [6.45, 7) is 3.78. The average molecular weight is 401 g/mol. The number of halogens is 2. The summed E-state index contributed by atoms with van der Waals surface area (Å²) in [5, 5.41) is 3.69. The molecule has 0 atom stereocenters. The van der Waals surface area contributed by atoms with Crippen molar-refractivity contribution in [3.05, 3.63) is 88.5 Å². The number of nitrogens with zero attached hydrogens (tertiary/aromatic N) is 1. The van der Waals surface area contributed by atoms with Gasteiger partial charge in [-0.1, -0.05) is 29.8 Å². The molecule has 0 bridgehead atoms. The van der Waals surface area contributed by atoms with Crippen molar-refractivity contribution in [1.82, 2.24) is 10.3 Å². The Balaban J connectivity index is 1.65. The summed E-state index contributed by atoms with van der Waals surface area (Å²) in [7, 11) is 0. The van der Waals surface area contributed by atoms with Gasteiger partial charge in [0.25, 0.3) is 0 Å². The molecule has 0 aliphatic carbocycles. The van der Waals surface area contributed by atoms with Crippen LogP contribution in [0.1, 0.15) is 23.7 Å². The molecule has 0 radical (unpaired) electrons. The van der Waals surface area contributed by atoms with Gasteiger partial charge in [-0.05, 0) is 48.9 Å². The zero-order chi connectivity index (χ0) is 19.8. The van der Waals surface area contributed by atoms with Gasteiger partial charge < -0.3 is 14.8 Å². The molecule has 1 aromatic heterocycles. The molecule has 4 nitrogen and oxygen atoms in total. The highest BCUT2D eigenvalue weighted by Crippen LogP contribution is 2.30. The quantitative estimate of drug-likeness (QED) is 0.540. The monoisotopic (exact) mass is 400 g/mol. The normalized spacial score (nSPS) is 10.7. The zero-order valence-corrected chi connectivity index (χ0v) is 16.4. The van der Waals surface area contributed by atoms with Crippen LogP contribution in [0.2, 0.25) is 5.02 Å². The van der Waals surface area contributed by atoms with Gasteiger partial charge >= 0.3 is 0 Å². The van der Waals surface area contributed by atoms with E-state index >= 15 is 0 Å². The number of pyridine rings is 1. The van der Waals surface area contributed by atoms with Crippen molar-refractivity contribution in [1.29, 1.82) is 0 Å². The Labute approximate surface area is 169 Å². The lowest BCUT2D eigenvalue weighted by atomic mass is 10.2. The maximum atomic E-state index is 13.9. The van der Waals surface area contributed by atoms with E-state index in [4.69, 9.17) is 21.1 Å². The number of hydrogen-bond acceptors (Lipinski definition) is 4. The molecule has 0 saturated carbocycles. The van der Waals surface area contributed by atoms with E-state index in [1.807, 2.05) is 43.3 Å². The van der Waals surface area contributed by atoms with Crippen LogP contribution in [-0.4, -0.2) is 11.6 Å². The number of nitrogens with one attached hydrogen (secondary N) is 1. The van der Waals surface area contributed by atoms with E-state index in [0.29, 0.717) is 41.8 Å². The first-order chi connectivity index (χ1) is 13.7. The van der Waals surface area contributed by atoms with Gasteiger partial charge in [0.15, 0.2) is 11.5 Å². The minimum Gasteiger partial charge on any atom is -0.490 e. The Bertz CT molecular complexity index is 886. The highest BCUT2D eigenvalue weighted by Gasteiger charge is 2.11. The molecule has 0 aliphatic rings. The molecule has 0 fully saturated rings. The van der Waals surface area contributed by atoms with E-state index in [1.165, 1.54) is 6.07 Å². The Morgan fingerprint density at radius 3 is 2.64 bits per heavy atom. The number of hydrogen-bond donors (Lipinski definition) is 1. The topological polar surface area (TPSA) is 43.4 Å². The van der Waals surface area contributed by atoms with Gasteiger partial charge in [0, 0.05) is 24.8 Å². The summed E-state index contributed by atoms with van der Waals surface area (Å²) < 4.78 is 25.4. The fourth-order valence-corrected chi connectivity index (χ4v) is 2.93. The van der Waals surface area contributed by atoms with E-state index < -0.39 is 0 Å². The van der Waals surface area contributed by atoms with E-state index in [0.717, 1.165) is 11.3 Å². The molecule has 3 rings (SSSR count). The first-order valence-corrected chi connectivity index (χ1v) is 9.47. The van der Waals surface area contributed by atoms with Crippen molar-refractivity contribution in [2.24, 2.45) is 0 Å². The van der Waals surface area contributed by atoms with Crippen LogP contribution in [0.15, 0.2) is 60.8 Å². The molecule has 3 aromatic rings. The standard InChI is InChI=1S/C22H22ClFN2O2/c1-2-27-22-12-16(13-25-14-17-6-3-4-11-26-17)9-10-21(22)28-15-18-19(23)7-5-8-20(18)24/h3-12,25H,2,13-15H2,1H3. The van der Waals surface area contributed by atoms with Gasteiger partial charge in [-0.25, -0.2) is 4.39 Å². The van der Waals surface area contributed by atoms with E-state index in [-0.39, 0.29) is 12.4 Å². The molecule has 146 valence electrons. The maximum Gasteiger partial charge on any atom is 0.161 e. The second-order valence-electron chi connectivity index (χ2n) is 6.13. The fourth-order valence-electron chi connectivity index (χ4n) is 2.71. The predicted octanol–water partition coefficient (Wildman–Crippen LogP) is 5.14. The van der Waals surface area contributed by atoms with Crippen molar-refractivity contribution in [2.75, 3.05) is 6.61 Å². The van der Waals surface area contributed by atoms with Gasteiger partial charge in [-0.2, -0.15) is 0 Å². The highest BCUT2D eigenvalue weighted by molar-refractivity contribution is 6.31. The van der Waals surface area contributed by atoms with Crippen LogP contribution in [0.25, 0.3) is 0 Å². The third-order valence-corrected chi connectivity index (χ3v) is 4.46. The largest absolute Gasteiger partial charge is 0.490 e. The molecule has 0 unspecified atom stereocenters. The van der Waals surface area contributed by atoms with Crippen molar-refractivity contribution in [2.45, 2.75) is 26.6 Å². The first kappa shape index (κ1) is 20.1. The van der Waals surface area contributed by atoms with Crippen LogP contribution >= 0.6 is 11.6 Å². The van der Waals surface area contributed by atoms with Crippen LogP contribution in [0.4, 0.5) is 4.39 Å². The number of aromatic nitrogens is 1. The van der Waals surface area contributed by atoms with Gasteiger partial charge in [0.2, 0.25) is 0 Å². The summed E-state index contributed by atoms with van der Waals surface area (Å²) in [6.07, 6.45) is 1.78. The number of benzene rings is 2. The lowest BCUT2D eigenvalue weighted by Gasteiger charge is -2.14. The van der Waals surface area contributed by atoms with Crippen molar-refractivity contribution in [3.8, 4) is 11.5 Å². The van der Waals surface area contributed by atoms with Crippen molar-refractivity contribution in [3.63, 3.8) is 0 Å².